The van der Waals surface area contributed by atoms with E-state index in [2.05, 4.69) is 22.5 Å². The van der Waals surface area contributed by atoms with Crippen LogP contribution in [0.1, 0.15) is 59.0 Å². The van der Waals surface area contributed by atoms with Crippen molar-refractivity contribution in [3.8, 4) is 0 Å². The van der Waals surface area contributed by atoms with Gasteiger partial charge in [-0.25, -0.2) is 9.78 Å². The zero-order chi connectivity index (χ0) is 21.7. The number of aromatic nitrogens is 1. The molecule has 0 radical (unpaired) electrons. The van der Waals surface area contributed by atoms with Gasteiger partial charge in [-0.1, -0.05) is 6.07 Å². The van der Waals surface area contributed by atoms with Crippen molar-refractivity contribution in [2.24, 2.45) is 0 Å². The number of amides is 3. The Kier molecular flexibility index (Phi) is 4.77. The minimum absolute atomic E-state index is 0.0570. The molecule has 3 amide bonds. The Morgan fingerprint density at radius 2 is 1.66 bits per heavy atom. The predicted molar refractivity (Wildman–Crippen MR) is 123 cm³/mol. The van der Waals surface area contributed by atoms with Crippen molar-refractivity contribution in [2.75, 3.05) is 49.1 Å². The quantitative estimate of drug-likeness (QED) is 0.789. The van der Waals surface area contributed by atoms with Crippen LogP contribution in [0.5, 0.6) is 0 Å². The largest absolute Gasteiger partial charge is 0.353 e. The molecule has 2 aromatic rings. The molecular formula is C25H29N5O2. The summed E-state index contributed by atoms with van der Waals surface area (Å²) in [5.74, 6) is 2.60. The van der Waals surface area contributed by atoms with Gasteiger partial charge in [0.25, 0.3) is 5.91 Å². The van der Waals surface area contributed by atoms with Gasteiger partial charge in [0.2, 0.25) is 0 Å². The summed E-state index contributed by atoms with van der Waals surface area (Å²) in [6.45, 7) is 4.34. The zero-order valence-corrected chi connectivity index (χ0v) is 18.3. The molecule has 0 bridgehead atoms. The molecule has 7 heteroatoms. The molecule has 2 aliphatic heterocycles. The number of carbonyl (C=O) groups is 2. The van der Waals surface area contributed by atoms with Gasteiger partial charge in [-0.05, 0) is 72.9 Å². The van der Waals surface area contributed by atoms with Crippen LogP contribution in [0, 0.1) is 0 Å². The van der Waals surface area contributed by atoms with E-state index in [0.29, 0.717) is 37.7 Å². The highest BCUT2D eigenvalue weighted by atomic mass is 16.2. The summed E-state index contributed by atoms with van der Waals surface area (Å²) in [5.41, 5.74) is 4.34. The van der Waals surface area contributed by atoms with Crippen molar-refractivity contribution in [3.05, 3.63) is 53.2 Å². The number of anilines is 2. The maximum absolute atomic E-state index is 13.1. The molecule has 1 aromatic carbocycles. The van der Waals surface area contributed by atoms with Gasteiger partial charge in [0.05, 0.1) is 0 Å². The molecule has 166 valence electrons. The molecule has 0 unspecified atom stereocenters. The molecule has 32 heavy (non-hydrogen) atoms. The highest BCUT2D eigenvalue weighted by Gasteiger charge is 2.33. The average Bonchev–Trinajstić information content (AvgIpc) is 3.76. The fourth-order valence-corrected chi connectivity index (χ4v) is 4.90. The molecule has 6 rings (SSSR count). The summed E-state index contributed by atoms with van der Waals surface area (Å²) >= 11 is 0. The summed E-state index contributed by atoms with van der Waals surface area (Å²) in [5, 5.41) is 2.80. The van der Waals surface area contributed by atoms with E-state index < -0.39 is 0 Å². The molecule has 2 saturated heterocycles. The minimum Gasteiger partial charge on any atom is -0.353 e. The van der Waals surface area contributed by atoms with E-state index in [-0.39, 0.29) is 11.9 Å². The van der Waals surface area contributed by atoms with Crippen molar-refractivity contribution in [1.29, 1.82) is 0 Å². The summed E-state index contributed by atoms with van der Waals surface area (Å²) in [6.07, 6.45) is 7.24. The number of nitrogens with one attached hydrogen (secondary N) is 1. The third-order valence-corrected chi connectivity index (χ3v) is 7.13. The van der Waals surface area contributed by atoms with Crippen LogP contribution in [0.3, 0.4) is 0 Å². The van der Waals surface area contributed by atoms with E-state index in [1.54, 1.807) is 4.90 Å². The summed E-state index contributed by atoms with van der Waals surface area (Å²) in [6, 6.07) is 9.73. The van der Waals surface area contributed by atoms with Crippen LogP contribution in [0.2, 0.25) is 0 Å². The van der Waals surface area contributed by atoms with Crippen molar-refractivity contribution >= 4 is 23.4 Å². The standard InChI is InChI=1S/C25H29N5O2/c31-24(19-5-7-21(8-6-19)30-10-9-26-25(30)32)29-13-11-28(12-14-29)23-22(18-3-4-18)15-20(16-27-23)17-1-2-17/h5-8,15-18H,1-4,9-14H2,(H,26,32). The Morgan fingerprint density at radius 3 is 2.28 bits per heavy atom. The molecule has 1 aromatic heterocycles. The first-order valence-electron chi connectivity index (χ1n) is 11.9. The van der Waals surface area contributed by atoms with Crippen LogP contribution in [-0.2, 0) is 0 Å². The SMILES string of the molecule is O=C(c1ccc(N2CCNC2=O)cc1)N1CCN(c2ncc(C3CC3)cc2C2CC2)CC1. The lowest BCUT2D eigenvalue weighted by Crippen LogP contribution is -2.49. The Hall–Kier alpha value is -3.09. The van der Waals surface area contributed by atoms with Crippen LogP contribution in [0.15, 0.2) is 36.5 Å². The highest BCUT2D eigenvalue weighted by molar-refractivity contribution is 5.97. The van der Waals surface area contributed by atoms with Gasteiger partial charge in [-0.2, -0.15) is 0 Å². The van der Waals surface area contributed by atoms with Gasteiger partial charge in [0, 0.05) is 56.7 Å². The number of benzene rings is 1. The monoisotopic (exact) mass is 431 g/mol. The number of rotatable bonds is 5. The summed E-state index contributed by atoms with van der Waals surface area (Å²) in [4.78, 5) is 35.8. The fraction of sp³-hybridized carbons (Fsp3) is 0.480. The van der Waals surface area contributed by atoms with Crippen LogP contribution in [-0.4, -0.2) is 61.1 Å². The van der Waals surface area contributed by atoms with Crippen LogP contribution in [0.4, 0.5) is 16.3 Å². The van der Waals surface area contributed by atoms with Crippen molar-refractivity contribution in [2.45, 2.75) is 37.5 Å². The first-order chi connectivity index (χ1) is 15.7. The van der Waals surface area contributed by atoms with Gasteiger partial charge >= 0.3 is 6.03 Å². The third-order valence-electron chi connectivity index (χ3n) is 7.13. The normalized spacial score (nSPS) is 21.1. The highest BCUT2D eigenvalue weighted by Crippen LogP contribution is 2.47. The maximum atomic E-state index is 13.1. The number of piperazine rings is 1. The van der Waals surface area contributed by atoms with Crippen LogP contribution >= 0.6 is 0 Å². The number of pyridine rings is 1. The molecule has 2 saturated carbocycles. The first-order valence-corrected chi connectivity index (χ1v) is 11.9. The topological polar surface area (TPSA) is 68.8 Å². The summed E-state index contributed by atoms with van der Waals surface area (Å²) < 4.78 is 0. The predicted octanol–water partition coefficient (Wildman–Crippen LogP) is 3.33. The molecule has 0 atom stereocenters. The lowest BCUT2D eigenvalue weighted by Gasteiger charge is -2.36. The van der Waals surface area contributed by atoms with Crippen LogP contribution in [0.25, 0.3) is 0 Å². The lowest BCUT2D eigenvalue weighted by atomic mass is 10.1. The van der Waals surface area contributed by atoms with Crippen molar-refractivity contribution in [1.82, 2.24) is 15.2 Å². The van der Waals surface area contributed by atoms with E-state index in [1.807, 2.05) is 29.2 Å². The average molecular weight is 432 g/mol. The smallest absolute Gasteiger partial charge is 0.321 e. The number of hydrogen-bond donors (Lipinski definition) is 1. The van der Waals surface area contributed by atoms with Crippen molar-refractivity contribution < 1.29 is 9.59 Å². The Balaban J connectivity index is 1.11. The second-order valence-electron chi connectivity index (χ2n) is 9.44. The molecule has 4 fully saturated rings. The lowest BCUT2D eigenvalue weighted by molar-refractivity contribution is 0.0746. The molecule has 1 N–H and O–H groups in total. The molecule has 4 aliphatic rings. The van der Waals surface area contributed by atoms with Crippen LogP contribution < -0.4 is 15.1 Å². The number of hydrogen-bond acceptors (Lipinski definition) is 4. The number of carbonyl (C=O) groups excluding carboxylic acids is 2. The number of urea groups is 1. The Bertz CT molecular complexity index is 1040. The van der Waals surface area contributed by atoms with Gasteiger partial charge in [0.1, 0.15) is 5.82 Å². The summed E-state index contributed by atoms with van der Waals surface area (Å²) in [7, 11) is 0. The fourth-order valence-electron chi connectivity index (χ4n) is 4.90. The molecule has 2 aliphatic carbocycles. The first kappa shape index (κ1) is 19.6. The molecule has 7 nitrogen and oxygen atoms in total. The zero-order valence-electron chi connectivity index (χ0n) is 18.3. The van der Waals surface area contributed by atoms with E-state index in [4.69, 9.17) is 4.98 Å². The second kappa shape index (κ2) is 7.80. The van der Waals surface area contributed by atoms with E-state index in [0.717, 1.165) is 30.5 Å². The van der Waals surface area contributed by atoms with Gasteiger partial charge in [0.15, 0.2) is 0 Å². The molecular weight excluding hydrogens is 402 g/mol. The van der Waals surface area contributed by atoms with E-state index >= 15 is 0 Å². The van der Waals surface area contributed by atoms with Crippen molar-refractivity contribution in [3.63, 3.8) is 0 Å². The molecule has 3 heterocycles. The van der Waals surface area contributed by atoms with Gasteiger partial charge in [-0.3, -0.25) is 9.69 Å². The minimum atomic E-state index is -0.0791. The third kappa shape index (κ3) is 3.70. The van der Waals surface area contributed by atoms with E-state index in [9.17, 15) is 9.59 Å². The second-order valence-corrected chi connectivity index (χ2v) is 9.44. The maximum Gasteiger partial charge on any atom is 0.321 e. The number of nitrogens with zero attached hydrogens (tertiary/aromatic N) is 4. The van der Waals surface area contributed by atoms with Gasteiger partial charge < -0.3 is 15.1 Å². The van der Waals surface area contributed by atoms with E-state index in [1.165, 1.54) is 36.8 Å². The Labute approximate surface area is 188 Å². The van der Waals surface area contributed by atoms with Gasteiger partial charge in [-0.15, -0.1) is 0 Å². The molecule has 0 spiro atoms. The Morgan fingerprint density at radius 1 is 0.938 bits per heavy atom.